The zero-order valence-electron chi connectivity index (χ0n) is 10.5. The zero-order chi connectivity index (χ0) is 11.8. The van der Waals surface area contributed by atoms with Gasteiger partial charge >= 0.3 is 0 Å². The fourth-order valence-corrected chi connectivity index (χ4v) is 0.527. The Labute approximate surface area is 89.5 Å². The van der Waals surface area contributed by atoms with Crippen LogP contribution in [0.1, 0.15) is 53.9 Å². The van der Waals surface area contributed by atoms with E-state index in [1.807, 2.05) is 20.8 Å². The Morgan fingerprint density at radius 1 is 1.21 bits per heavy atom. The van der Waals surface area contributed by atoms with Crippen molar-refractivity contribution in [3.05, 3.63) is 0 Å². The van der Waals surface area contributed by atoms with Gasteiger partial charge in [0, 0.05) is 19.5 Å². The van der Waals surface area contributed by atoms with Crippen LogP contribution in [0.25, 0.3) is 0 Å². The van der Waals surface area contributed by atoms with Crippen molar-refractivity contribution in [2.45, 2.75) is 53.9 Å². The average molecular weight is 204 g/mol. The summed E-state index contributed by atoms with van der Waals surface area (Å²) in [6.45, 7) is 11.3. The topological polar surface area (TPSA) is 55.1 Å². The number of carbonyl (C=O) groups is 1. The highest BCUT2D eigenvalue weighted by Crippen LogP contribution is 1.83. The van der Waals surface area contributed by atoms with Crippen LogP contribution in [-0.4, -0.2) is 19.0 Å². The van der Waals surface area contributed by atoms with E-state index in [4.69, 9.17) is 5.73 Å². The molecule has 0 radical (unpaired) electrons. The lowest BCUT2D eigenvalue weighted by Crippen LogP contribution is -2.28. The molecule has 0 rings (SSSR count). The van der Waals surface area contributed by atoms with Gasteiger partial charge in [-0.15, -0.1) is 0 Å². The van der Waals surface area contributed by atoms with E-state index in [-0.39, 0.29) is 5.91 Å². The predicted molar refractivity (Wildman–Crippen MR) is 64.3 cm³/mol. The minimum atomic E-state index is 0.1000. The Morgan fingerprint density at radius 2 is 1.64 bits per heavy atom. The summed E-state index contributed by atoms with van der Waals surface area (Å²) in [5, 5.41) is 2.67. The Bertz CT molecular complexity index is 95.3. The van der Waals surface area contributed by atoms with E-state index in [1.165, 1.54) is 6.42 Å². The maximum atomic E-state index is 10.6. The lowest BCUT2D eigenvalue weighted by atomic mass is 10.3. The minimum Gasteiger partial charge on any atom is -0.355 e. The molecule has 0 heterocycles. The average Bonchev–Trinajstić information content (AvgIpc) is 2.20. The first-order valence-electron chi connectivity index (χ1n) is 5.69. The first-order valence-corrected chi connectivity index (χ1v) is 5.69. The molecule has 0 aliphatic heterocycles. The zero-order valence-corrected chi connectivity index (χ0v) is 10.5. The van der Waals surface area contributed by atoms with Gasteiger partial charge < -0.3 is 11.1 Å². The number of amides is 1. The molecule has 0 saturated carbocycles. The van der Waals surface area contributed by atoms with Gasteiger partial charge in [-0.3, -0.25) is 4.79 Å². The van der Waals surface area contributed by atoms with Crippen molar-refractivity contribution in [2.24, 2.45) is 5.73 Å². The van der Waals surface area contributed by atoms with Crippen LogP contribution in [0.3, 0.4) is 0 Å². The third-order valence-electron chi connectivity index (χ3n) is 0.944. The molecule has 0 aliphatic carbocycles. The molecule has 0 aliphatic rings. The van der Waals surface area contributed by atoms with Gasteiger partial charge in [0.2, 0.25) is 5.91 Å². The molecule has 14 heavy (non-hydrogen) atoms. The van der Waals surface area contributed by atoms with Crippen LogP contribution >= 0.6 is 0 Å². The molecule has 0 fully saturated rings. The standard InChI is InChI=1S/C6H14N2O.C3H8.C2H6/c1-2-3-6(9)8-5-4-7;1-3-2;1-2/h2-5,7H2,1H3,(H,8,9);3H2,1-2H3;1-2H3. The maximum Gasteiger partial charge on any atom is 0.220 e. The van der Waals surface area contributed by atoms with Crippen LogP contribution in [0.5, 0.6) is 0 Å². The molecule has 0 atom stereocenters. The molecular weight excluding hydrogens is 176 g/mol. The highest BCUT2D eigenvalue weighted by Gasteiger charge is 1.94. The second kappa shape index (κ2) is 22.9. The highest BCUT2D eigenvalue weighted by molar-refractivity contribution is 5.75. The summed E-state index contributed by atoms with van der Waals surface area (Å²) in [5.41, 5.74) is 5.16. The first kappa shape index (κ1) is 19.1. The molecule has 0 aromatic carbocycles. The molecule has 0 spiro atoms. The molecule has 3 heteroatoms. The number of hydrogen-bond acceptors (Lipinski definition) is 2. The summed E-state index contributed by atoms with van der Waals surface area (Å²) >= 11 is 0. The van der Waals surface area contributed by atoms with E-state index in [2.05, 4.69) is 19.2 Å². The lowest BCUT2D eigenvalue weighted by molar-refractivity contribution is -0.121. The monoisotopic (exact) mass is 204 g/mol. The van der Waals surface area contributed by atoms with Crippen molar-refractivity contribution < 1.29 is 4.79 Å². The summed E-state index contributed by atoms with van der Waals surface area (Å²) in [6.07, 6.45) is 2.76. The van der Waals surface area contributed by atoms with E-state index < -0.39 is 0 Å². The molecule has 0 aromatic heterocycles. The van der Waals surface area contributed by atoms with E-state index in [1.54, 1.807) is 0 Å². The van der Waals surface area contributed by atoms with Crippen molar-refractivity contribution >= 4 is 5.91 Å². The largest absolute Gasteiger partial charge is 0.355 e. The van der Waals surface area contributed by atoms with Gasteiger partial charge in [0.1, 0.15) is 0 Å². The molecular formula is C11H28N2O. The van der Waals surface area contributed by atoms with Crippen LogP contribution in [0.15, 0.2) is 0 Å². The Kier molecular flexibility index (Phi) is 31.1. The van der Waals surface area contributed by atoms with Crippen LogP contribution in [0.2, 0.25) is 0 Å². The number of nitrogens with two attached hydrogens (primary N) is 1. The molecule has 88 valence electrons. The third kappa shape index (κ3) is 30.1. The van der Waals surface area contributed by atoms with E-state index >= 15 is 0 Å². The molecule has 0 bridgehead atoms. The maximum absolute atomic E-state index is 10.6. The van der Waals surface area contributed by atoms with Gasteiger partial charge in [0.05, 0.1) is 0 Å². The lowest BCUT2D eigenvalue weighted by Gasteiger charge is -1.99. The minimum absolute atomic E-state index is 0.1000. The fraction of sp³-hybridized carbons (Fsp3) is 0.909. The van der Waals surface area contributed by atoms with Crippen molar-refractivity contribution in [1.82, 2.24) is 5.32 Å². The van der Waals surface area contributed by atoms with Crippen molar-refractivity contribution in [2.75, 3.05) is 13.1 Å². The predicted octanol–water partition coefficient (Wildman–Crippen LogP) is 2.30. The van der Waals surface area contributed by atoms with Crippen molar-refractivity contribution in [3.63, 3.8) is 0 Å². The van der Waals surface area contributed by atoms with Gasteiger partial charge in [0.15, 0.2) is 0 Å². The summed E-state index contributed by atoms with van der Waals surface area (Å²) in [5.74, 6) is 0.1000. The molecule has 1 amide bonds. The number of carbonyl (C=O) groups excluding carboxylic acids is 1. The fourth-order valence-electron chi connectivity index (χ4n) is 0.527. The summed E-state index contributed by atoms with van der Waals surface area (Å²) in [7, 11) is 0. The van der Waals surface area contributed by atoms with E-state index in [0.29, 0.717) is 19.5 Å². The van der Waals surface area contributed by atoms with Gasteiger partial charge in [-0.05, 0) is 6.42 Å². The van der Waals surface area contributed by atoms with Crippen LogP contribution < -0.4 is 11.1 Å². The van der Waals surface area contributed by atoms with Crippen molar-refractivity contribution in [1.29, 1.82) is 0 Å². The summed E-state index contributed by atoms with van der Waals surface area (Å²) < 4.78 is 0. The van der Waals surface area contributed by atoms with Gasteiger partial charge in [-0.2, -0.15) is 0 Å². The van der Waals surface area contributed by atoms with Crippen molar-refractivity contribution in [3.8, 4) is 0 Å². The van der Waals surface area contributed by atoms with Gasteiger partial charge in [-0.1, -0.05) is 41.0 Å². The smallest absolute Gasteiger partial charge is 0.220 e. The summed E-state index contributed by atoms with van der Waals surface area (Å²) in [4.78, 5) is 10.6. The van der Waals surface area contributed by atoms with E-state index in [9.17, 15) is 4.79 Å². The normalized spacial score (nSPS) is 7.57. The van der Waals surface area contributed by atoms with Crippen LogP contribution in [0.4, 0.5) is 0 Å². The Hall–Kier alpha value is -0.570. The molecule has 0 saturated heterocycles. The quantitative estimate of drug-likeness (QED) is 0.738. The second-order valence-corrected chi connectivity index (χ2v) is 2.60. The van der Waals surface area contributed by atoms with Crippen LogP contribution in [0, 0.1) is 0 Å². The van der Waals surface area contributed by atoms with E-state index in [0.717, 1.165) is 6.42 Å². The second-order valence-electron chi connectivity index (χ2n) is 2.60. The molecule has 0 aromatic rings. The number of nitrogens with one attached hydrogen (secondary N) is 1. The Morgan fingerprint density at radius 3 is 1.93 bits per heavy atom. The third-order valence-corrected chi connectivity index (χ3v) is 0.944. The van der Waals surface area contributed by atoms with Gasteiger partial charge in [0.25, 0.3) is 0 Å². The first-order chi connectivity index (χ1) is 6.72. The SMILES string of the molecule is CC.CCC.CCCC(=O)NCCN. The summed E-state index contributed by atoms with van der Waals surface area (Å²) in [6, 6.07) is 0. The van der Waals surface area contributed by atoms with Crippen LogP contribution in [-0.2, 0) is 4.79 Å². The highest BCUT2D eigenvalue weighted by atomic mass is 16.1. The molecule has 3 N–H and O–H groups in total. The Balaban J connectivity index is -0.000000205. The number of hydrogen-bond donors (Lipinski definition) is 2. The molecule has 0 unspecified atom stereocenters. The number of rotatable bonds is 4. The van der Waals surface area contributed by atoms with Gasteiger partial charge in [-0.25, -0.2) is 0 Å². The molecule has 3 nitrogen and oxygen atoms in total.